The number of hydrogen-bond acceptors (Lipinski definition) is 8. The smallest absolute Gasteiger partial charge is 0.417 e. The first kappa shape index (κ1) is 38.4. The van der Waals surface area contributed by atoms with Gasteiger partial charge in [0.2, 0.25) is 0 Å². The maximum atomic E-state index is 17.1. The molecule has 0 bridgehead atoms. The van der Waals surface area contributed by atoms with Crippen molar-refractivity contribution in [2.24, 2.45) is 11.3 Å². The topological polar surface area (TPSA) is 108 Å². The quantitative estimate of drug-likeness (QED) is 0.130. The molecule has 3 heterocycles. The molecule has 3 fully saturated rings. The largest absolute Gasteiger partial charge is 0.463 e. The van der Waals surface area contributed by atoms with Crippen molar-refractivity contribution in [3.8, 4) is 23.2 Å². The molecule has 17 heteroatoms. The van der Waals surface area contributed by atoms with Gasteiger partial charge in [0, 0.05) is 41.3 Å². The van der Waals surface area contributed by atoms with E-state index in [0.717, 1.165) is 36.0 Å². The third-order valence-electron chi connectivity index (χ3n) is 12.0. The number of ether oxygens (including phenoxy) is 1. The molecule has 56 heavy (non-hydrogen) atoms. The predicted molar refractivity (Wildman–Crippen MR) is 195 cm³/mol. The number of alkyl halides is 3. The van der Waals surface area contributed by atoms with Gasteiger partial charge < -0.3 is 20.5 Å². The molecule has 0 radical (unpaired) electrons. The lowest BCUT2D eigenvalue weighted by molar-refractivity contribution is -0.263. The molecule has 294 valence electrons. The monoisotopic (exact) mass is 821 g/mol. The van der Waals surface area contributed by atoms with Crippen LogP contribution in [0.1, 0.15) is 68.4 Å². The van der Waals surface area contributed by atoms with Crippen molar-refractivity contribution in [3.05, 3.63) is 75.6 Å². The number of hydrogen-bond donors (Lipinski definition) is 2. The number of benzene rings is 3. The fraction of sp³-hybridized carbons (Fsp3) is 0.410. The molecule has 3 N–H and O–H groups in total. The van der Waals surface area contributed by atoms with Crippen LogP contribution in [0.2, 0.25) is 5.02 Å². The van der Waals surface area contributed by atoms with Crippen LogP contribution in [0.4, 0.5) is 45.9 Å². The van der Waals surface area contributed by atoms with Crippen molar-refractivity contribution in [2.45, 2.75) is 69.1 Å². The molecule has 3 aromatic carbocycles. The number of aromatic nitrogens is 2. The molecular formula is C39H32ClF8N5O2S. The average Bonchev–Trinajstić information content (AvgIpc) is 3.78. The summed E-state index contributed by atoms with van der Waals surface area (Å²) in [5, 5.41) is 20.3. The van der Waals surface area contributed by atoms with Crippen molar-refractivity contribution in [1.82, 2.24) is 9.97 Å². The highest BCUT2D eigenvalue weighted by atomic mass is 35.5. The van der Waals surface area contributed by atoms with Crippen molar-refractivity contribution in [2.75, 3.05) is 30.3 Å². The first-order chi connectivity index (χ1) is 26.6. The molecule has 2 saturated carbocycles. The number of rotatable bonds is 6. The standard InChI is InChI=1S/C39H32ClF8N5O2S/c40-24-15-21-32(31(45)29(24)20-4-5-25(41)33-28(20)22(16-49)34(50)56-33)51-36(52-35(21)53-11-2-8-38(54,10-12-53)39(46,47)48)55-17-37-7-1-3-23(37)19(6-9-37)18-13-26(42)30(44)27(43)14-18/h4-5,13-15,19,23,54H,1-3,6-12,17,50H2. The first-order valence-corrected chi connectivity index (χ1v) is 19.2. The van der Waals surface area contributed by atoms with Gasteiger partial charge in [-0.3, -0.25) is 0 Å². The maximum absolute atomic E-state index is 17.1. The molecule has 5 aromatic rings. The summed E-state index contributed by atoms with van der Waals surface area (Å²) in [5.74, 6) is -6.17. The zero-order valence-corrected chi connectivity index (χ0v) is 30.9. The highest BCUT2D eigenvalue weighted by Gasteiger charge is 2.54. The summed E-state index contributed by atoms with van der Waals surface area (Å²) in [6.45, 7) is -0.305. The Morgan fingerprint density at radius 2 is 1.71 bits per heavy atom. The average molecular weight is 822 g/mol. The third-order valence-corrected chi connectivity index (χ3v) is 13.3. The van der Waals surface area contributed by atoms with Crippen LogP contribution in [-0.2, 0) is 0 Å². The second-order valence-corrected chi connectivity index (χ2v) is 16.4. The lowest BCUT2D eigenvalue weighted by Crippen LogP contribution is -2.45. The van der Waals surface area contributed by atoms with Gasteiger partial charge in [-0.1, -0.05) is 24.1 Å². The van der Waals surface area contributed by atoms with Gasteiger partial charge >= 0.3 is 12.2 Å². The summed E-state index contributed by atoms with van der Waals surface area (Å²) < 4.78 is 122. The van der Waals surface area contributed by atoms with Gasteiger partial charge in [0.25, 0.3) is 0 Å². The predicted octanol–water partition coefficient (Wildman–Crippen LogP) is 10.3. The third kappa shape index (κ3) is 6.17. The minimum atomic E-state index is -4.90. The van der Waals surface area contributed by atoms with E-state index in [1.54, 1.807) is 0 Å². The number of nitriles is 1. The van der Waals surface area contributed by atoms with E-state index in [2.05, 4.69) is 9.97 Å². The number of nitrogen functional groups attached to an aromatic ring is 1. The van der Waals surface area contributed by atoms with Crippen molar-refractivity contribution < 1.29 is 45.0 Å². The Morgan fingerprint density at radius 1 is 0.964 bits per heavy atom. The lowest BCUT2D eigenvalue weighted by Gasteiger charge is -2.31. The summed E-state index contributed by atoms with van der Waals surface area (Å²) in [4.78, 5) is 10.5. The molecule has 4 atom stereocenters. The fourth-order valence-corrected chi connectivity index (χ4v) is 10.5. The number of anilines is 2. The Bertz CT molecular complexity index is 2430. The molecule has 3 aliphatic rings. The minimum Gasteiger partial charge on any atom is -0.463 e. The zero-order chi connectivity index (χ0) is 39.9. The van der Waals surface area contributed by atoms with Gasteiger partial charge in [0.1, 0.15) is 28.2 Å². The molecule has 0 spiro atoms. The summed E-state index contributed by atoms with van der Waals surface area (Å²) in [7, 11) is 0. The molecule has 0 amide bonds. The van der Waals surface area contributed by atoms with Crippen LogP contribution < -0.4 is 15.4 Å². The number of nitrogens with two attached hydrogens (primary N) is 1. The second-order valence-electron chi connectivity index (χ2n) is 15.0. The van der Waals surface area contributed by atoms with E-state index >= 15 is 4.39 Å². The van der Waals surface area contributed by atoms with Crippen LogP contribution in [0.3, 0.4) is 0 Å². The summed E-state index contributed by atoms with van der Waals surface area (Å²) >= 11 is 7.58. The molecular weight excluding hydrogens is 790 g/mol. The van der Waals surface area contributed by atoms with Crippen LogP contribution in [0.15, 0.2) is 30.3 Å². The zero-order valence-electron chi connectivity index (χ0n) is 29.4. The molecule has 1 aliphatic heterocycles. The molecule has 2 aromatic heterocycles. The normalized spacial score (nSPS) is 24.1. The van der Waals surface area contributed by atoms with E-state index in [9.17, 15) is 41.1 Å². The number of halogens is 9. The van der Waals surface area contributed by atoms with E-state index in [1.807, 2.05) is 6.07 Å². The number of fused-ring (bicyclic) bond motifs is 3. The Balaban J connectivity index is 1.22. The van der Waals surface area contributed by atoms with Crippen molar-refractivity contribution in [1.29, 1.82) is 5.26 Å². The van der Waals surface area contributed by atoms with E-state index in [4.69, 9.17) is 22.1 Å². The van der Waals surface area contributed by atoms with Crippen molar-refractivity contribution >= 4 is 54.7 Å². The Hall–Kier alpha value is -4.46. The molecule has 7 nitrogen and oxygen atoms in total. The summed E-state index contributed by atoms with van der Waals surface area (Å²) in [6, 6.07) is 7.38. The number of thiophene rings is 1. The highest BCUT2D eigenvalue weighted by molar-refractivity contribution is 7.23. The van der Waals surface area contributed by atoms with E-state index in [0.29, 0.717) is 31.2 Å². The first-order valence-electron chi connectivity index (χ1n) is 18.0. The number of nitrogens with zero attached hydrogens (tertiary/aromatic N) is 4. The SMILES string of the molecule is N#Cc1c(N)sc2c(F)ccc(-c3c(Cl)cc4c(N5CCCC(O)(C(F)(F)F)CC5)nc(OCC56CCCC5C(c5cc(F)c(F)c(F)c5)CC6)nc4c3F)c12. The van der Waals surface area contributed by atoms with Gasteiger partial charge in [-0.15, -0.1) is 11.3 Å². The molecule has 2 aliphatic carbocycles. The Kier molecular flexibility index (Phi) is 9.52. The summed E-state index contributed by atoms with van der Waals surface area (Å²) in [5.41, 5.74) is 2.34. The van der Waals surface area contributed by atoms with Crippen LogP contribution in [0, 0.1) is 51.8 Å². The van der Waals surface area contributed by atoms with Crippen molar-refractivity contribution in [3.63, 3.8) is 0 Å². The van der Waals surface area contributed by atoms with E-state index in [1.165, 1.54) is 17.0 Å². The van der Waals surface area contributed by atoms with Gasteiger partial charge in [0.05, 0.1) is 21.9 Å². The number of aliphatic hydroxyl groups is 1. The van der Waals surface area contributed by atoms with Gasteiger partial charge in [-0.05, 0) is 85.8 Å². The Morgan fingerprint density at radius 3 is 2.43 bits per heavy atom. The van der Waals surface area contributed by atoms with Gasteiger partial charge in [-0.25, -0.2) is 22.0 Å². The minimum absolute atomic E-state index is 0.00169. The fourth-order valence-electron chi connectivity index (χ4n) is 9.23. The second kappa shape index (κ2) is 13.9. The highest BCUT2D eigenvalue weighted by Crippen LogP contribution is 2.60. The van der Waals surface area contributed by atoms with Crippen LogP contribution in [-0.4, -0.2) is 46.5 Å². The van der Waals surface area contributed by atoms with Crippen LogP contribution in [0.5, 0.6) is 6.01 Å². The maximum Gasteiger partial charge on any atom is 0.417 e. The molecule has 4 unspecified atom stereocenters. The van der Waals surface area contributed by atoms with Crippen LogP contribution >= 0.6 is 22.9 Å². The van der Waals surface area contributed by atoms with Gasteiger partial charge in [-0.2, -0.15) is 28.4 Å². The van der Waals surface area contributed by atoms with Gasteiger partial charge in [0.15, 0.2) is 28.9 Å². The van der Waals surface area contributed by atoms with E-state index in [-0.39, 0.29) is 97.5 Å². The molecule has 8 rings (SSSR count). The van der Waals surface area contributed by atoms with E-state index < -0.39 is 59.1 Å². The Labute approximate surface area is 323 Å². The lowest BCUT2D eigenvalue weighted by atomic mass is 9.77. The molecule has 1 saturated heterocycles. The summed E-state index contributed by atoms with van der Waals surface area (Å²) in [6.07, 6.45) is -2.97. The van der Waals surface area contributed by atoms with Crippen LogP contribution in [0.25, 0.3) is 32.1 Å².